The average Bonchev–Trinajstić information content (AvgIpc) is 2.08. The van der Waals surface area contributed by atoms with Gasteiger partial charge < -0.3 is 15.7 Å². The Morgan fingerprint density at radius 1 is 1.13 bits per heavy atom. The highest BCUT2D eigenvalue weighted by molar-refractivity contribution is 4.72. The number of rotatable bonds is 7. The summed E-state index contributed by atoms with van der Waals surface area (Å²) in [6.45, 7) is 12.9. The molecule has 0 amide bonds. The topological polar surface area (TPSA) is 44.3 Å². The highest BCUT2D eigenvalue weighted by atomic mass is 16.3. The maximum atomic E-state index is 9.15. The Balaban J connectivity index is 3.55. The summed E-state index contributed by atoms with van der Waals surface area (Å²) in [7, 11) is 0. The van der Waals surface area contributed by atoms with Gasteiger partial charge in [0, 0.05) is 24.7 Å². The largest absolute Gasteiger partial charge is 0.395 e. The number of aliphatic hydroxyl groups is 1. The van der Waals surface area contributed by atoms with Gasteiger partial charge in [0.25, 0.3) is 0 Å². The van der Waals surface area contributed by atoms with Crippen LogP contribution in [0.2, 0.25) is 0 Å². The van der Waals surface area contributed by atoms with Gasteiger partial charge in [0.15, 0.2) is 0 Å². The predicted molar refractivity (Wildman–Crippen MR) is 66.1 cm³/mol. The zero-order valence-electron chi connectivity index (χ0n) is 10.9. The van der Waals surface area contributed by atoms with E-state index in [-0.39, 0.29) is 18.2 Å². The first-order valence-corrected chi connectivity index (χ1v) is 5.94. The molecule has 1 atom stereocenters. The lowest BCUT2D eigenvalue weighted by atomic mass is 10.0. The highest BCUT2D eigenvalue weighted by Gasteiger charge is 2.10. The van der Waals surface area contributed by atoms with Crippen LogP contribution in [0.1, 0.15) is 41.0 Å². The van der Waals surface area contributed by atoms with Gasteiger partial charge in [-0.3, -0.25) is 0 Å². The molecule has 1 unspecified atom stereocenters. The summed E-state index contributed by atoms with van der Waals surface area (Å²) in [5, 5.41) is 15.9. The molecular formula is C12H28N2O. The van der Waals surface area contributed by atoms with Crippen molar-refractivity contribution in [2.75, 3.05) is 19.7 Å². The van der Waals surface area contributed by atoms with Crippen molar-refractivity contribution >= 4 is 0 Å². The molecular weight excluding hydrogens is 188 g/mol. The number of hydrogen-bond acceptors (Lipinski definition) is 3. The van der Waals surface area contributed by atoms with Gasteiger partial charge >= 0.3 is 0 Å². The summed E-state index contributed by atoms with van der Waals surface area (Å²) in [6, 6.07) is 0.242. The molecule has 0 aromatic carbocycles. The Morgan fingerprint density at radius 3 is 2.13 bits per heavy atom. The van der Waals surface area contributed by atoms with Gasteiger partial charge in [-0.1, -0.05) is 13.8 Å². The summed E-state index contributed by atoms with van der Waals surface area (Å²) in [6.07, 6.45) is 1.03. The molecule has 0 bridgehead atoms. The van der Waals surface area contributed by atoms with Crippen LogP contribution in [0.15, 0.2) is 0 Å². The second-order valence-electron chi connectivity index (χ2n) is 5.64. The van der Waals surface area contributed by atoms with E-state index in [4.69, 9.17) is 5.11 Å². The van der Waals surface area contributed by atoms with Crippen molar-refractivity contribution in [2.24, 2.45) is 5.92 Å². The fourth-order valence-electron chi connectivity index (χ4n) is 1.51. The van der Waals surface area contributed by atoms with Crippen molar-refractivity contribution in [3.63, 3.8) is 0 Å². The summed E-state index contributed by atoms with van der Waals surface area (Å²) in [5.74, 6) is 0.630. The molecule has 0 spiro atoms. The number of hydrogen-bond donors (Lipinski definition) is 3. The van der Waals surface area contributed by atoms with E-state index in [1.165, 1.54) is 0 Å². The lowest BCUT2D eigenvalue weighted by Crippen LogP contribution is -2.43. The van der Waals surface area contributed by atoms with Crippen molar-refractivity contribution in [2.45, 2.75) is 52.6 Å². The first-order chi connectivity index (χ1) is 6.85. The molecule has 92 valence electrons. The van der Waals surface area contributed by atoms with Crippen LogP contribution in [0.5, 0.6) is 0 Å². The number of nitrogens with one attached hydrogen (secondary N) is 2. The summed E-state index contributed by atoms with van der Waals surface area (Å²) in [4.78, 5) is 0. The highest BCUT2D eigenvalue weighted by Crippen LogP contribution is 2.03. The van der Waals surface area contributed by atoms with Crippen molar-refractivity contribution in [1.82, 2.24) is 10.6 Å². The molecule has 15 heavy (non-hydrogen) atoms. The molecule has 0 aromatic rings. The van der Waals surface area contributed by atoms with E-state index in [9.17, 15) is 0 Å². The first-order valence-electron chi connectivity index (χ1n) is 5.94. The normalized spacial score (nSPS) is 14.6. The summed E-state index contributed by atoms with van der Waals surface area (Å²) in [5.41, 5.74) is 0.175. The maximum absolute atomic E-state index is 9.15. The van der Waals surface area contributed by atoms with E-state index >= 15 is 0 Å². The molecule has 0 rings (SSSR count). The lowest BCUT2D eigenvalue weighted by Gasteiger charge is -2.23. The molecule has 0 saturated carbocycles. The van der Waals surface area contributed by atoms with Crippen LogP contribution in [0.4, 0.5) is 0 Å². The van der Waals surface area contributed by atoms with E-state index in [2.05, 4.69) is 45.3 Å². The molecule has 0 aliphatic heterocycles. The standard InChI is InChI=1S/C12H28N2O/c1-10(2)8-11(9-15)13-6-7-14-12(3,4)5/h10-11,13-15H,6-9H2,1-5H3. The van der Waals surface area contributed by atoms with Gasteiger partial charge in [0.05, 0.1) is 6.61 Å². The van der Waals surface area contributed by atoms with Gasteiger partial charge in [0.1, 0.15) is 0 Å². The van der Waals surface area contributed by atoms with E-state index in [1.807, 2.05) is 0 Å². The minimum atomic E-state index is 0.175. The van der Waals surface area contributed by atoms with Gasteiger partial charge in [-0.15, -0.1) is 0 Å². The molecule has 0 fully saturated rings. The van der Waals surface area contributed by atoms with Gasteiger partial charge in [-0.05, 0) is 33.1 Å². The first kappa shape index (κ1) is 14.9. The molecule has 0 radical (unpaired) electrons. The zero-order chi connectivity index (χ0) is 11.9. The molecule has 0 aliphatic rings. The minimum Gasteiger partial charge on any atom is -0.395 e. The number of aliphatic hydroxyl groups excluding tert-OH is 1. The molecule has 3 nitrogen and oxygen atoms in total. The van der Waals surface area contributed by atoms with Crippen LogP contribution >= 0.6 is 0 Å². The predicted octanol–water partition coefficient (Wildman–Crippen LogP) is 1.37. The van der Waals surface area contributed by atoms with Crippen LogP contribution in [0.3, 0.4) is 0 Å². The van der Waals surface area contributed by atoms with E-state index in [1.54, 1.807) is 0 Å². The Bertz CT molecular complexity index is 152. The molecule has 3 N–H and O–H groups in total. The Morgan fingerprint density at radius 2 is 1.73 bits per heavy atom. The van der Waals surface area contributed by atoms with E-state index in [0.29, 0.717) is 5.92 Å². The average molecular weight is 216 g/mol. The van der Waals surface area contributed by atoms with Gasteiger partial charge in [0.2, 0.25) is 0 Å². The van der Waals surface area contributed by atoms with Gasteiger partial charge in [-0.2, -0.15) is 0 Å². The molecule has 0 heterocycles. The second kappa shape index (κ2) is 7.20. The third-order valence-electron chi connectivity index (χ3n) is 2.19. The molecule has 0 saturated heterocycles. The smallest absolute Gasteiger partial charge is 0.0584 e. The monoisotopic (exact) mass is 216 g/mol. The summed E-state index contributed by atoms with van der Waals surface area (Å²) < 4.78 is 0. The SMILES string of the molecule is CC(C)CC(CO)NCCNC(C)(C)C. The molecule has 0 aromatic heterocycles. The Hall–Kier alpha value is -0.120. The van der Waals surface area contributed by atoms with Gasteiger partial charge in [-0.25, -0.2) is 0 Å². The van der Waals surface area contributed by atoms with Crippen molar-refractivity contribution in [1.29, 1.82) is 0 Å². The minimum absolute atomic E-state index is 0.175. The van der Waals surface area contributed by atoms with Crippen LogP contribution in [-0.2, 0) is 0 Å². The van der Waals surface area contributed by atoms with Crippen molar-refractivity contribution in [3.8, 4) is 0 Å². The van der Waals surface area contributed by atoms with Crippen LogP contribution < -0.4 is 10.6 Å². The Labute approximate surface area is 94.6 Å². The molecule has 0 aliphatic carbocycles. The quantitative estimate of drug-likeness (QED) is 0.563. The van der Waals surface area contributed by atoms with E-state index < -0.39 is 0 Å². The van der Waals surface area contributed by atoms with Crippen molar-refractivity contribution in [3.05, 3.63) is 0 Å². The second-order valence-corrected chi connectivity index (χ2v) is 5.64. The lowest BCUT2D eigenvalue weighted by molar-refractivity contribution is 0.223. The maximum Gasteiger partial charge on any atom is 0.0584 e. The van der Waals surface area contributed by atoms with E-state index in [0.717, 1.165) is 19.5 Å². The van der Waals surface area contributed by atoms with Crippen LogP contribution in [0.25, 0.3) is 0 Å². The zero-order valence-corrected chi connectivity index (χ0v) is 10.9. The van der Waals surface area contributed by atoms with Crippen LogP contribution in [-0.4, -0.2) is 36.4 Å². The third-order valence-corrected chi connectivity index (χ3v) is 2.19. The Kier molecular flexibility index (Phi) is 7.14. The third kappa shape index (κ3) is 10.2. The summed E-state index contributed by atoms with van der Waals surface area (Å²) >= 11 is 0. The van der Waals surface area contributed by atoms with Crippen LogP contribution in [0, 0.1) is 5.92 Å². The molecule has 3 heteroatoms. The fraction of sp³-hybridized carbons (Fsp3) is 1.00. The van der Waals surface area contributed by atoms with Crippen molar-refractivity contribution < 1.29 is 5.11 Å². The fourth-order valence-corrected chi connectivity index (χ4v) is 1.51.